The second-order valence-corrected chi connectivity index (χ2v) is 9.03. The number of hydrogen-bond donors (Lipinski definition) is 0. The molecule has 0 amide bonds. The van der Waals surface area contributed by atoms with Crippen LogP contribution in [-0.4, -0.2) is 22.6 Å². The highest BCUT2D eigenvalue weighted by Crippen LogP contribution is 2.20. The monoisotopic (exact) mass is 280 g/mol. The average Bonchev–Trinajstić information content (AvgIpc) is 2.18. The van der Waals surface area contributed by atoms with Gasteiger partial charge in [-0.3, -0.25) is 0 Å². The number of halogens is 1. The summed E-state index contributed by atoms with van der Waals surface area (Å²) in [6.07, 6.45) is 1.03. The van der Waals surface area contributed by atoms with Gasteiger partial charge in [-0.1, -0.05) is 17.7 Å². The summed E-state index contributed by atoms with van der Waals surface area (Å²) in [6, 6.07) is 4.94. The molecule has 0 aliphatic rings. The highest BCUT2D eigenvalue weighted by atomic mass is 35.5. The molecule has 0 bridgehead atoms. The summed E-state index contributed by atoms with van der Waals surface area (Å²) in [6.45, 7) is 3.20. The summed E-state index contributed by atoms with van der Waals surface area (Å²) >= 11 is 5.58. The van der Waals surface area contributed by atoms with Gasteiger partial charge in [0.15, 0.2) is 0 Å². The van der Waals surface area contributed by atoms with Crippen molar-refractivity contribution in [3.05, 3.63) is 41.9 Å². The topological polar surface area (TPSA) is 68.3 Å². The first-order valence-corrected chi connectivity index (χ1v) is 8.18. The lowest BCUT2D eigenvalue weighted by molar-refractivity contribution is 0.584. The molecule has 16 heavy (non-hydrogen) atoms. The highest BCUT2D eigenvalue weighted by Gasteiger charge is 2.30. The number of rotatable bonds is 4. The predicted octanol–water partition coefficient (Wildman–Crippen LogP) is 1.63. The number of benzene rings is 1. The van der Waals surface area contributed by atoms with Crippen molar-refractivity contribution < 1.29 is 16.8 Å². The minimum absolute atomic E-state index is 0.293. The number of hydrogen-bond acceptors (Lipinski definition) is 4. The van der Waals surface area contributed by atoms with Crippen LogP contribution in [0.25, 0.3) is 0 Å². The van der Waals surface area contributed by atoms with Crippen LogP contribution in [0.1, 0.15) is 0 Å². The molecule has 1 rings (SSSR count). The van der Waals surface area contributed by atoms with Gasteiger partial charge >= 0.3 is 0 Å². The van der Waals surface area contributed by atoms with E-state index in [1.54, 1.807) is 0 Å². The molecule has 0 unspecified atom stereocenters. The van der Waals surface area contributed by atoms with Gasteiger partial charge in [0.05, 0.1) is 10.6 Å². The molecule has 0 atom stereocenters. The van der Waals surface area contributed by atoms with Crippen molar-refractivity contribution in [2.24, 2.45) is 0 Å². The third-order valence-corrected chi connectivity index (χ3v) is 7.16. The molecule has 0 N–H and O–H groups in total. The fourth-order valence-corrected chi connectivity index (χ4v) is 4.38. The molecule has 0 spiro atoms. The zero-order valence-electron chi connectivity index (χ0n) is 8.13. The van der Waals surface area contributed by atoms with Gasteiger partial charge < -0.3 is 0 Å². The molecular formula is C9H9ClO4S2. The molecule has 7 heteroatoms. The first-order chi connectivity index (χ1) is 7.31. The van der Waals surface area contributed by atoms with E-state index in [0.717, 1.165) is 18.2 Å². The zero-order chi connectivity index (χ0) is 12.4. The zero-order valence-corrected chi connectivity index (χ0v) is 10.5. The standard InChI is InChI=1S/C9H9ClO4S2/c1-2-7-15(11,12)16(13,14)9-5-3-8(10)4-6-9/h2-6H,1,7H2. The Kier molecular flexibility index (Phi) is 3.77. The highest BCUT2D eigenvalue weighted by molar-refractivity contribution is 8.67. The van der Waals surface area contributed by atoms with Crippen LogP contribution in [-0.2, 0) is 17.7 Å². The molecule has 4 nitrogen and oxygen atoms in total. The second-order valence-electron chi connectivity index (χ2n) is 2.92. The summed E-state index contributed by atoms with van der Waals surface area (Å²) in [7, 11) is -8.64. The van der Waals surface area contributed by atoms with Gasteiger partial charge in [0.2, 0.25) is 0 Å². The Balaban J connectivity index is 3.33. The van der Waals surface area contributed by atoms with Crippen molar-refractivity contribution in [3.63, 3.8) is 0 Å². The molecule has 0 aliphatic carbocycles. The smallest absolute Gasteiger partial charge is 0.212 e. The Hall–Kier alpha value is -0.850. The molecule has 1 aromatic carbocycles. The van der Waals surface area contributed by atoms with Gasteiger partial charge in [-0.15, -0.1) is 6.58 Å². The summed E-state index contributed by atoms with van der Waals surface area (Å²) < 4.78 is 46.2. The fraction of sp³-hybridized carbons (Fsp3) is 0.111. The van der Waals surface area contributed by atoms with Gasteiger partial charge in [0, 0.05) is 5.02 Å². The summed E-state index contributed by atoms with van der Waals surface area (Å²) in [5, 5.41) is 0.333. The van der Waals surface area contributed by atoms with Crippen molar-refractivity contribution >= 4 is 29.3 Å². The van der Waals surface area contributed by atoms with Crippen LogP contribution in [0.15, 0.2) is 41.8 Å². The SMILES string of the molecule is C=CCS(=O)(=O)S(=O)(=O)c1ccc(Cl)cc1. The lowest BCUT2D eigenvalue weighted by Gasteiger charge is -2.03. The maximum absolute atomic E-state index is 11.7. The molecule has 0 saturated carbocycles. The molecule has 0 fully saturated rings. The van der Waals surface area contributed by atoms with Crippen LogP contribution in [0, 0.1) is 0 Å². The van der Waals surface area contributed by atoms with Crippen LogP contribution in [0.3, 0.4) is 0 Å². The van der Waals surface area contributed by atoms with Crippen LogP contribution < -0.4 is 0 Å². The lowest BCUT2D eigenvalue weighted by Crippen LogP contribution is -2.18. The van der Waals surface area contributed by atoms with Crippen molar-refractivity contribution in [2.45, 2.75) is 4.90 Å². The van der Waals surface area contributed by atoms with E-state index >= 15 is 0 Å². The molecule has 0 radical (unpaired) electrons. The summed E-state index contributed by atoms with van der Waals surface area (Å²) in [5.41, 5.74) is 0. The van der Waals surface area contributed by atoms with Crippen molar-refractivity contribution in [2.75, 3.05) is 5.75 Å². The van der Waals surface area contributed by atoms with Crippen LogP contribution >= 0.6 is 11.6 Å². The summed E-state index contributed by atoms with van der Waals surface area (Å²) in [5.74, 6) is -0.613. The molecule has 88 valence electrons. The van der Waals surface area contributed by atoms with E-state index in [0.29, 0.717) is 5.02 Å². The van der Waals surface area contributed by atoms with Gasteiger partial charge in [-0.2, -0.15) is 0 Å². The van der Waals surface area contributed by atoms with Crippen LogP contribution in [0.2, 0.25) is 5.02 Å². The predicted molar refractivity (Wildman–Crippen MR) is 62.6 cm³/mol. The third kappa shape index (κ3) is 2.45. The van der Waals surface area contributed by atoms with E-state index in [2.05, 4.69) is 6.58 Å². The molecular weight excluding hydrogens is 272 g/mol. The summed E-state index contributed by atoms with van der Waals surface area (Å²) in [4.78, 5) is -0.293. The van der Waals surface area contributed by atoms with Crippen LogP contribution in [0.4, 0.5) is 0 Å². The van der Waals surface area contributed by atoms with Crippen molar-refractivity contribution in [3.8, 4) is 0 Å². The second kappa shape index (κ2) is 4.57. The Morgan fingerprint density at radius 2 is 1.62 bits per heavy atom. The van der Waals surface area contributed by atoms with Gasteiger partial charge in [0.25, 0.3) is 17.7 Å². The Labute approximate surface area is 98.8 Å². The minimum Gasteiger partial charge on any atom is -0.212 e. The van der Waals surface area contributed by atoms with Crippen molar-refractivity contribution in [1.29, 1.82) is 0 Å². The Bertz CT molecular complexity index is 585. The lowest BCUT2D eigenvalue weighted by atomic mass is 10.4. The fourth-order valence-electron chi connectivity index (χ4n) is 0.982. The maximum atomic E-state index is 11.7. The normalized spacial score (nSPS) is 12.3. The van der Waals surface area contributed by atoms with E-state index in [4.69, 9.17) is 11.6 Å². The minimum atomic E-state index is -4.38. The largest absolute Gasteiger partial charge is 0.282 e. The Morgan fingerprint density at radius 3 is 2.06 bits per heavy atom. The van der Waals surface area contributed by atoms with E-state index in [9.17, 15) is 16.8 Å². The molecule has 1 aromatic rings. The molecule has 0 aromatic heterocycles. The Morgan fingerprint density at radius 1 is 1.12 bits per heavy atom. The van der Waals surface area contributed by atoms with Crippen molar-refractivity contribution in [1.82, 2.24) is 0 Å². The maximum Gasteiger partial charge on any atom is 0.282 e. The molecule has 0 saturated heterocycles. The van der Waals surface area contributed by atoms with E-state index in [1.807, 2.05) is 0 Å². The van der Waals surface area contributed by atoms with Gasteiger partial charge in [-0.25, -0.2) is 16.8 Å². The first kappa shape index (κ1) is 13.2. The van der Waals surface area contributed by atoms with Gasteiger partial charge in [0.1, 0.15) is 0 Å². The quantitative estimate of drug-likeness (QED) is 0.621. The molecule has 0 aliphatic heterocycles. The van der Waals surface area contributed by atoms with E-state index < -0.39 is 23.5 Å². The van der Waals surface area contributed by atoms with Crippen LogP contribution in [0.5, 0.6) is 0 Å². The van der Waals surface area contributed by atoms with E-state index in [-0.39, 0.29) is 4.90 Å². The van der Waals surface area contributed by atoms with E-state index in [1.165, 1.54) is 12.1 Å². The molecule has 0 heterocycles. The van der Waals surface area contributed by atoms with Gasteiger partial charge in [-0.05, 0) is 24.3 Å². The average molecular weight is 281 g/mol. The third-order valence-electron chi connectivity index (χ3n) is 1.76. The first-order valence-electron chi connectivity index (χ1n) is 4.15.